The first kappa shape index (κ1) is 20.6. The van der Waals surface area contributed by atoms with Crippen molar-refractivity contribution in [3.63, 3.8) is 0 Å². The van der Waals surface area contributed by atoms with Crippen LogP contribution in [0.4, 0.5) is 15.7 Å². The van der Waals surface area contributed by atoms with Crippen molar-refractivity contribution in [3.05, 3.63) is 35.0 Å². The van der Waals surface area contributed by atoms with Crippen LogP contribution in [0.1, 0.15) is 57.7 Å². The first-order chi connectivity index (χ1) is 14.3. The average molecular weight is 426 g/mol. The van der Waals surface area contributed by atoms with Crippen LogP contribution < -0.4 is 5.32 Å². The lowest BCUT2D eigenvalue weighted by molar-refractivity contribution is 0.00216. The Morgan fingerprint density at radius 1 is 1.37 bits per heavy atom. The summed E-state index contributed by atoms with van der Waals surface area (Å²) in [5.41, 5.74) is 1.17. The smallest absolute Gasteiger partial charge is 0.410 e. The molecule has 30 heavy (non-hydrogen) atoms. The Bertz CT molecular complexity index is 947. The Morgan fingerprint density at radius 3 is 2.73 bits per heavy atom. The molecule has 0 spiro atoms. The molecule has 7 nitrogen and oxygen atoms in total. The number of anilines is 2. The number of piperidine rings is 1. The molecule has 1 amide bonds. The van der Waals surface area contributed by atoms with Crippen LogP contribution in [-0.2, 0) is 11.2 Å². The molecule has 2 bridgehead atoms. The summed E-state index contributed by atoms with van der Waals surface area (Å²) in [6.07, 6.45) is 6.76. The van der Waals surface area contributed by atoms with Crippen molar-refractivity contribution in [1.29, 1.82) is 5.26 Å². The van der Waals surface area contributed by atoms with E-state index in [9.17, 15) is 4.79 Å². The molecule has 4 rings (SSSR count). The largest absolute Gasteiger partial charge is 0.444 e. The van der Waals surface area contributed by atoms with E-state index in [1.54, 1.807) is 11.6 Å². The minimum Gasteiger partial charge on any atom is -0.444 e. The van der Waals surface area contributed by atoms with Gasteiger partial charge in [0.1, 0.15) is 17.5 Å². The highest BCUT2D eigenvalue weighted by atomic mass is 32.1. The number of thiazole rings is 1. The number of nitrogens with zero attached hydrogens (tertiary/aromatic N) is 4. The quantitative estimate of drug-likeness (QED) is 0.751. The molecule has 1 N–H and O–H groups in total. The Kier molecular flexibility index (Phi) is 5.65. The molecule has 2 aromatic rings. The predicted octanol–water partition coefficient (Wildman–Crippen LogP) is 4.87. The van der Waals surface area contributed by atoms with Gasteiger partial charge in [0.2, 0.25) is 0 Å². The minimum absolute atomic E-state index is 0.163. The van der Waals surface area contributed by atoms with Gasteiger partial charge in [-0.25, -0.2) is 14.8 Å². The van der Waals surface area contributed by atoms with E-state index in [2.05, 4.69) is 27.4 Å². The fourth-order valence-corrected chi connectivity index (χ4v) is 5.21. The third-order valence-electron chi connectivity index (χ3n) is 5.64. The number of fused-ring (bicyclic) bond motifs is 2. The van der Waals surface area contributed by atoms with Crippen LogP contribution in [0, 0.1) is 17.2 Å². The summed E-state index contributed by atoms with van der Waals surface area (Å²) in [6, 6.07) is 6.70. The van der Waals surface area contributed by atoms with Gasteiger partial charge in [0.05, 0.1) is 0 Å². The Labute approximate surface area is 181 Å². The van der Waals surface area contributed by atoms with Crippen molar-refractivity contribution < 1.29 is 9.53 Å². The molecule has 0 aliphatic carbocycles. The number of ether oxygens (including phenoxy) is 1. The molecule has 0 unspecified atom stereocenters. The van der Waals surface area contributed by atoms with Crippen LogP contribution in [0.25, 0.3) is 0 Å². The third-order valence-corrected chi connectivity index (χ3v) is 6.40. The highest BCUT2D eigenvalue weighted by molar-refractivity contribution is 7.13. The fourth-order valence-electron chi connectivity index (χ4n) is 4.56. The first-order valence-corrected chi connectivity index (χ1v) is 11.3. The van der Waals surface area contributed by atoms with Crippen molar-refractivity contribution in [2.24, 2.45) is 5.92 Å². The molecule has 2 aliphatic rings. The summed E-state index contributed by atoms with van der Waals surface area (Å²) in [6.45, 7) is 5.75. The number of hydrogen-bond donors (Lipinski definition) is 1. The van der Waals surface area contributed by atoms with Gasteiger partial charge in [0, 0.05) is 23.7 Å². The van der Waals surface area contributed by atoms with Crippen molar-refractivity contribution in [1.82, 2.24) is 14.9 Å². The van der Waals surface area contributed by atoms with Crippen LogP contribution in [-0.4, -0.2) is 38.6 Å². The second-order valence-electron chi connectivity index (χ2n) is 9.14. The summed E-state index contributed by atoms with van der Waals surface area (Å²) in [5.74, 6) is 1.28. The number of rotatable bonds is 4. The van der Waals surface area contributed by atoms with Crippen molar-refractivity contribution in [3.8, 4) is 6.07 Å². The number of aromatic nitrogens is 2. The molecule has 2 aliphatic heterocycles. The summed E-state index contributed by atoms with van der Waals surface area (Å²) in [4.78, 5) is 23.2. The van der Waals surface area contributed by atoms with Crippen LogP contribution in [0.3, 0.4) is 0 Å². The van der Waals surface area contributed by atoms with E-state index >= 15 is 0 Å². The molecule has 2 atom stereocenters. The van der Waals surface area contributed by atoms with E-state index in [0.717, 1.165) is 37.9 Å². The van der Waals surface area contributed by atoms with Gasteiger partial charge in [-0.2, -0.15) is 5.26 Å². The lowest BCUT2D eigenvalue weighted by Gasteiger charge is -2.39. The van der Waals surface area contributed by atoms with E-state index in [4.69, 9.17) is 10.00 Å². The summed E-state index contributed by atoms with van der Waals surface area (Å²) >= 11 is 1.39. The number of carbonyl (C=O) groups excluding carboxylic acids is 1. The van der Waals surface area contributed by atoms with E-state index in [1.165, 1.54) is 16.9 Å². The van der Waals surface area contributed by atoms with Crippen LogP contribution in [0.15, 0.2) is 23.7 Å². The Balaban J connectivity index is 1.38. The minimum atomic E-state index is -0.459. The number of carbonyl (C=O) groups is 1. The zero-order valence-corrected chi connectivity index (χ0v) is 18.4. The maximum atomic E-state index is 12.6. The molecule has 2 fully saturated rings. The summed E-state index contributed by atoms with van der Waals surface area (Å²) < 4.78 is 5.64. The van der Waals surface area contributed by atoms with Gasteiger partial charge in [-0.15, -0.1) is 11.3 Å². The second kappa shape index (κ2) is 8.23. The Hall–Kier alpha value is -2.66. The summed E-state index contributed by atoms with van der Waals surface area (Å²) in [7, 11) is 0. The van der Waals surface area contributed by atoms with E-state index in [-0.39, 0.29) is 18.2 Å². The molecule has 0 aromatic carbocycles. The molecular weight excluding hydrogens is 398 g/mol. The standard InChI is InChI=1S/C22H27N5O2S/c1-22(2,3)29-21(28)27-17-4-5-18(27)10-15(9-17)8-14-6-7-24-19(11-14)26-20-25-16(12-23)13-30-20/h6-7,11,13,15,17-18H,4-5,8-10H2,1-3H3,(H,24,25,26)/t17-,18-/m0/s1. The molecule has 8 heteroatoms. The van der Waals surface area contributed by atoms with Gasteiger partial charge in [-0.05, 0) is 76.5 Å². The molecule has 158 valence electrons. The van der Waals surface area contributed by atoms with E-state index < -0.39 is 5.60 Å². The van der Waals surface area contributed by atoms with E-state index in [0.29, 0.717) is 16.7 Å². The molecular formula is C22H27N5O2S. The maximum Gasteiger partial charge on any atom is 0.410 e. The maximum absolute atomic E-state index is 12.6. The van der Waals surface area contributed by atoms with Crippen molar-refractivity contribution >= 4 is 28.4 Å². The molecule has 2 aromatic heterocycles. The Morgan fingerprint density at radius 2 is 2.10 bits per heavy atom. The number of hydrogen-bond acceptors (Lipinski definition) is 7. The van der Waals surface area contributed by atoms with Gasteiger partial charge >= 0.3 is 6.09 Å². The van der Waals surface area contributed by atoms with Gasteiger partial charge in [-0.1, -0.05) is 0 Å². The van der Waals surface area contributed by atoms with Crippen LogP contribution >= 0.6 is 11.3 Å². The lowest BCUT2D eigenvalue weighted by atomic mass is 9.86. The average Bonchev–Trinajstić information content (AvgIpc) is 3.23. The highest BCUT2D eigenvalue weighted by Gasteiger charge is 2.44. The zero-order chi connectivity index (χ0) is 21.3. The van der Waals surface area contributed by atoms with Crippen molar-refractivity contribution in [2.75, 3.05) is 5.32 Å². The lowest BCUT2D eigenvalue weighted by Crippen LogP contribution is -2.48. The first-order valence-electron chi connectivity index (χ1n) is 10.4. The summed E-state index contributed by atoms with van der Waals surface area (Å²) in [5, 5.41) is 14.5. The van der Waals surface area contributed by atoms with Gasteiger partial charge in [-0.3, -0.25) is 0 Å². The predicted molar refractivity (Wildman–Crippen MR) is 116 cm³/mol. The third kappa shape index (κ3) is 4.73. The van der Waals surface area contributed by atoms with Gasteiger partial charge in [0.25, 0.3) is 0 Å². The molecule has 0 radical (unpaired) electrons. The number of nitrogens with one attached hydrogen (secondary N) is 1. The van der Waals surface area contributed by atoms with Crippen LogP contribution in [0.2, 0.25) is 0 Å². The SMILES string of the molecule is CC(C)(C)OC(=O)N1[C@H]2CC[C@H]1CC(Cc1ccnc(Nc3nc(C#N)cs3)c1)C2. The number of pyridine rings is 1. The molecule has 2 saturated heterocycles. The highest BCUT2D eigenvalue weighted by Crippen LogP contribution is 2.40. The molecule has 0 saturated carbocycles. The molecule has 4 heterocycles. The topological polar surface area (TPSA) is 91.1 Å². The van der Waals surface area contributed by atoms with Gasteiger partial charge in [0.15, 0.2) is 10.8 Å². The van der Waals surface area contributed by atoms with Crippen molar-refractivity contribution in [2.45, 2.75) is 70.6 Å². The van der Waals surface area contributed by atoms with Gasteiger partial charge < -0.3 is 15.0 Å². The van der Waals surface area contributed by atoms with E-state index in [1.807, 2.05) is 31.7 Å². The fraction of sp³-hybridized carbons (Fsp3) is 0.545. The normalized spacial score (nSPS) is 23.1. The second-order valence-corrected chi connectivity index (χ2v) is 10.00. The zero-order valence-electron chi connectivity index (χ0n) is 17.6. The van der Waals surface area contributed by atoms with Crippen LogP contribution in [0.5, 0.6) is 0 Å². The number of amides is 1. The number of nitriles is 1. The monoisotopic (exact) mass is 425 g/mol.